The Morgan fingerprint density at radius 3 is 3.08 bits per heavy atom. The molecule has 3 rings (SSSR count). The molecule has 2 aromatic rings. The summed E-state index contributed by atoms with van der Waals surface area (Å²) >= 11 is 1.59. The Kier molecular flexibility index (Phi) is 5.83. The molecule has 134 valence electrons. The van der Waals surface area contributed by atoms with Crippen LogP contribution in [-0.4, -0.2) is 47.9 Å². The number of hydrogen-bond donors (Lipinski definition) is 1. The molecule has 2 heterocycles. The summed E-state index contributed by atoms with van der Waals surface area (Å²) in [6.07, 6.45) is 2.08. The quantitative estimate of drug-likeness (QED) is 0.861. The molecule has 0 bridgehead atoms. The molecule has 1 N–H and O–H groups in total. The van der Waals surface area contributed by atoms with Crippen LogP contribution in [0.25, 0.3) is 0 Å². The minimum absolute atomic E-state index is 0.0838. The van der Waals surface area contributed by atoms with E-state index in [9.17, 15) is 4.79 Å². The first-order chi connectivity index (χ1) is 12.0. The first-order valence-corrected chi connectivity index (χ1v) is 9.62. The van der Waals surface area contributed by atoms with E-state index in [1.54, 1.807) is 11.3 Å². The highest BCUT2D eigenvalue weighted by Gasteiger charge is 2.19. The fraction of sp³-hybridized carbons (Fsp3) is 0.474. The van der Waals surface area contributed by atoms with Crippen LogP contribution < -0.4 is 5.32 Å². The normalized spacial score (nSPS) is 14.6. The lowest BCUT2D eigenvalue weighted by Crippen LogP contribution is -2.25. The number of aromatic nitrogens is 1. The van der Waals surface area contributed by atoms with Crippen LogP contribution in [0.2, 0.25) is 0 Å². The number of carbonyl (C=O) groups is 1. The molecule has 6 heteroatoms. The van der Waals surface area contributed by atoms with Gasteiger partial charge in [0.2, 0.25) is 0 Å². The third-order valence-electron chi connectivity index (χ3n) is 4.39. The number of likely N-dealkylation sites (N-methyl/N-ethyl adjacent to an activating group) is 1. The Morgan fingerprint density at radius 1 is 1.44 bits per heavy atom. The van der Waals surface area contributed by atoms with Gasteiger partial charge in [0, 0.05) is 36.5 Å². The summed E-state index contributed by atoms with van der Waals surface area (Å²) in [6.45, 7) is 6.02. The van der Waals surface area contributed by atoms with Crippen molar-refractivity contribution in [1.82, 2.24) is 14.8 Å². The van der Waals surface area contributed by atoms with E-state index in [0.29, 0.717) is 10.7 Å². The number of hydrogen-bond acceptors (Lipinski definition) is 5. The van der Waals surface area contributed by atoms with Gasteiger partial charge in [0.05, 0.1) is 5.69 Å². The molecule has 0 aliphatic carbocycles. The topological polar surface area (TPSA) is 48.5 Å². The fourth-order valence-corrected chi connectivity index (χ4v) is 4.21. The van der Waals surface area contributed by atoms with Gasteiger partial charge in [-0.15, -0.1) is 11.3 Å². The Morgan fingerprint density at radius 2 is 2.28 bits per heavy atom. The minimum Gasteiger partial charge on any atom is -0.302 e. The Labute approximate surface area is 153 Å². The van der Waals surface area contributed by atoms with Gasteiger partial charge < -0.3 is 9.80 Å². The SMILES string of the molecule is CCCN(C)Cc1cccc(C(=O)Nc2nc3c(s2)CN(C)CC3)c1. The molecule has 0 atom stereocenters. The Hall–Kier alpha value is -1.76. The van der Waals surface area contributed by atoms with E-state index in [2.05, 4.69) is 47.2 Å². The van der Waals surface area contributed by atoms with Gasteiger partial charge in [-0.05, 0) is 44.8 Å². The molecule has 0 saturated heterocycles. The summed E-state index contributed by atoms with van der Waals surface area (Å²) < 4.78 is 0. The van der Waals surface area contributed by atoms with Crippen LogP contribution in [0.5, 0.6) is 0 Å². The number of nitrogens with zero attached hydrogens (tertiary/aromatic N) is 3. The highest BCUT2D eigenvalue weighted by Crippen LogP contribution is 2.28. The van der Waals surface area contributed by atoms with Crippen molar-refractivity contribution < 1.29 is 4.79 Å². The summed E-state index contributed by atoms with van der Waals surface area (Å²) in [5, 5.41) is 3.68. The van der Waals surface area contributed by atoms with Crippen molar-refractivity contribution in [3.05, 3.63) is 46.0 Å². The van der Waals surface area contributed by atoms with Gasteiger partial charge >= 0.3 is 0 Å². The van der Waals surface area contributed by atoms with Gasteiger partial charge in [-0.2, -0.15) is 0 Å². The van der Waals surface area contributed by atoms with E-state index in [1.165, 1.54) is 4.88 Å². The van der Waals surface area contributed by atoms with Crippen LogP contribution in [0, 0.1) is 0 Å². The van der Waals surface area contributed by atoms with Gasteiger partial charge in [0.25, 0.3) is 5.91 Å². The minimum atomic E-state index is -0.0838. The second-order valence-electron chi connectivity index (χ2n) is 6.77. The van der Waals surface area contributed by atoms with Gasteiger partial charge in [-0.25, -0.2) is 4.98 Å². The summed E-state index contributed by atoms with van der Waals surface area (Å²) in [5.41, 5.74) is 2.98. The molecule has 1 aromatic carbocycles. The number of rotatable bonds is 6. The first kappa shape index (κ1) is 18.0. The maximum absolute atomic E-state index is 12.6. The van der Waals surface area contributed by atoms with Crippen LogP contribution in [-0.2, 0) is 19.5 Å². The number of anilines is 1. The number of fused-ring (bicyclic) bond motifs is 1. The van der Waals surface area contributed by atoms with Gasteiger partial charge in [-0.1, -0.05) is 19.1 Å². The number of benzene rings is 1. The van der Waals surface area contributed by atoms with E-state index in [4.69, 9.17) is 0 Å². The molecule has 1 aliphatic heterocycles. The van der Waals surface area contributed by atoms with Crippen molar-refractivity contribution in [2.24, 2.45) is 0 Å². The summed E-state index contributed by atoms with van der Waals surface area (Å²) in [7, 11) is 4.22. The third kappa shape index (κ3) is 4.66. The highest BCUT2D eigenvalue weighted by atomic mass is 32.1. The van der Waals surface area contributed by atoms with Crippen molar-refractivity contribution in [3.63, 3.8) is 0 Å². The number of amides is 1. The van der Waals surface area contributed by atoms with Gasteiger partial charge in [0.1, 0.15) is 0 Å². The second kappa shape index (κ2) is 8.08. The largest absolute Gasteiger partial charge is 0.302 e. The predicted octanol–water partition coefficient (Wildman–Crippen LogP) is 3.23. The molecule has 0 radical (unpaired) electrons. The van der Waals surface area contributed by atoms with Crippen molar-refractivity contribution in [2.45, 2.75) is 32.9 Å². The zero-order valence-electron chi connectivity index (χ0n) is 15.2. The number of thiazole rings is 1. The lowest BCUT2D eigenvalue weighted by Gasteiger charge is -2.20. The predicted molar refractivity (Wildman–Crippen MR) is 103 cm³/mol. The van der Waals surface area contributed by atoms with Crippen molar-refractivity contribution in [1.29, 1.82) is 0 Å². The highest BCUT2D eigenvalue weighted by molar-refractivity contribution is 7.15. The monoisotopic (exact) mass is 358 g/mol. The zero-order valence-corrected chi connectivity index (χ0v) is 16.0. The van der Waals surface area contributed by atoms with E-state index >= 15 is 0 Å². The molecule has 25 heavy (non-hydrogen) atoms. The van der Waals surface area contributed by atoms with E-state index in [-0.39, 0.29) is 5.91 Å². The zero-order chi connectivity index (χ0) is 17.8. The smallest absolute Gasteiger partial charge is 0.257 e. The van der Waals surface area contributed by atoms with Crippen molar-refractivity contribution >= 4 is 22.4 Å². The Bertz CT molecular complexity index is 743. The lowest BCUT2D eigenvalue weighted by molar-refractivity contribution is 0.102. The van der Waals surface area contributed by atoms with E-state index in [0.717, 1.165) is 50.3 Å². The number of carbonyl (C=O) groups excluding carboxylic acids is 1. The molecule has 1 aromatic heterocycles. The molecule has 1 aliphatic rings. The van der Waals surface area contributed by atoms with E-state index < -0.39 is 0 Å². The van der Waals surface area contributed by atoms with E-state index in [1.807, 2.05) is 18.2 Å². The lowest BCUT2D eigenvalue weighted by atomic mass is 10.1. The molecule has 5 nitrogen and oxygen atoms in total. The molecular formula is C19H26N4OS. The second-order valence-corrected chi connectivity index (χ2v) is 7.85. The average molecular weight is 359 g/mol. The standard InChI is InChI=1S/C19H26N4OS/c1-4-9-22(2)12-14-6-5-7-15(11-14)18(24)21-19-20-16-8-10-23(3)13-17(16)25-19/h5-7,11H,4,8-10,12-13H2,1-3H3,(H,20,21,24). The fourth-order valence-electron chi connectivity index (χ4n) is 3.13. The molecule has 0 unspecified atom stereocenters. The maximum Gasteiger partial charge on any atom is 0.257 e. The molecule has 0 fully saturated rings. The van der Waals surface area contributed by atoms with Crippen LogP contribution >= 0.6 is 11.3 Å². The van der Waals surface area contributed by atoms with Crippen LogP contribution in [0.15, 0.2) is 24.3 Å². The van der Waals surface area contributed by atoms with Crippen LogP contribution in [0.3, 0.4) is 0 Å². The average Bonchev–Trinajstić information content (AvgIpc) is 2.96. The van der Waals surface area contributed by atoms with Crippen LogP contribution in [0.1, 0.15) is 39.8 Å². The summed E-state index contributed by atoms with van der Waals surface area (Å²) in [4.78, 5) is 23.0. The van der Waals surface area contributed by atoms with Gasteiger partial charge in [0.15, 0.2) is 5.13 Å². The summed E-state index contributed by atoms with van der Waals surface area (Å²) in [5.74, 6) is -0.0838. The summed E-state index contributed by atoms with van der Waals surface area (Å²) in [6, 6.07) is 7.86. The number of nitrogens with one attached hydrogen (secondary N) is 1. The molecule has 0 saturated carbocycles. The van der Waals surface area contributed by atoms with Gasteiger partial charge in [-0.3, -0.25) is 10.1 Å². The molecule has 1 amide bonds. The van der Waals surface area contributed by atoms with Crippen LogP contribution in [0.4, 0.5) is 5.13 Å². The first-order valence-electron chi connectivity index (χ1n) is 8.81. The molecule has 0 spiro atoms. The third-order valence-corrected chi connectivity index (χ3v) is 5.39. The molecular weight excluding hydrogens is 332 g/mol. The maximum atomic E-state index is 12.6. The Balaban J connectivity index is 1.67. The van der Waals surface area contributed by atoms with Crippen molar-refractivity contribution in [2.75, 3.05) is 32.5 Å². The van der Waals surface area contributed by atoms with Crippen molar-refractivity contribution in [3.8, 4) is 0 Å².